The smallest absolute Gasteiger partial charge is 0.407 e. The maximum Gasteiger partial charge on any atom is 0.407 e. The third kappa shape index (κ3) is 6.22. The van der Waals surface area contributed by atoms with Crippen LogP contribution in [0.25, 0.3) is 11.1 Å². The zero-order chi connectivity index (χ0) is 24.0. The van der Waals surface area contributed by atoms with Gasteiger partial charge in [-0.1, -0.05) is 75.4 Å². The molecule has 1 unspecified atom stereocenters. The van der Waals surface area contributed by atoms with Crippen LogP contribution < -0.4 is 10.6 Å². The van der Waals surface area contributed by atoms with E-state index in [0.29, 0.717) is 0 Å². The fourth-order valence-corrected chi connectivity index (χ4v) is 3.93. The van der Waals surface area contributed by atoms with Crippen molar-refractivity contribution in [2.75, 3.05) is 13.2 Å². The van der Waals surface area contributed by atoms with E-state index in [0.717, 1.165) is 22.3 Å². The summed E-state index contributed by atoms with van der Waals surface area (Å²) in [6, 6.07) is 15.7. The van der Waals surface area contributed by atoms with Gasteiger partial charge >= 0.3 is 12.1 Å². The highest BCUT2D eigenvalue weighted by Gasteiger charge is 2.29. The topological polar surface area (TPSA) is 105 Å². The minimum atomic E-state index is -0.976. The summed E-state index contributed by atoms with van der Waals surface area (Å²) in [7, 11) is 0. The number of hydrogen-bond donors (Lipinski definition) is 3. The van der Waals surface area contributed by atoms with Crippen molar-refractivity contribution in [2.24, 2.45) is 5.41 Å². The normalized spacial score (nSPS) is 13.8. The first-order chi connectivity index (χ1) is 15.7. The summed E-state index contributed by atoms with van der Waals surface area (Å²) >= 11 is 0. The molecule has 2 aromatic carbocycles. The fourth-order valence-electron chi connectivity index (χ4n) is 3.93. The van der Waals surface area contributed by atoms with E-state index in [1.165, 1.54) is 12.2 Å². The van der Waals surface area contributed by atoms with E-state index >= 15 is 0 Å². The van der Waals surface area contributed by atoms with Crippen LogP contribution in [0.2, 0.25) is 0 Å². The maximum atomic E-state index is 12.2. The van der Waals surface area contributed by atoms with Gasteiger partial charge < -0.3 is 20.5 Å². The summed E-state index contributed by atoms with van der Waals surface area (Å²) in [6.07, 6.45) is 2.04. The molecule has 3 rings (SSSR count). The molecule has 0 spiro atoms. The summed E-state index contributed by atoms with van der Waals surface area (Å²) in [5.41, 5.74) is 4.19. The van der Waals surface area contributed by atoms with Crippen molar-refractivity contribution in [3.63, 3.8) is 0 Å². The third-order valence-electron chi connectivity index (χ3n) is 5.72. The standard InChI is InChI=1S/C26H30N2O5/c1-26(2,3)22(15-24(30)31)28-23(29)13-8-14-27-25(32)33-16-21-19-11-6-4-9-17(19)18-10-5-7-12-20(18)21/h4-13,21-22H,14-16H2,1-3H3,(H,27,32)(H,28,29)(H,30,31)/b13-8+. The molecule has 0 radical (unpaired) electrons. The number of carbonyl (C=O) groups excluding carboxylic acids is 2. The molecule has 0 heterocycles. The lowest BCUT2D eigenvalue weighted by Gasteiger charge is -2.29. The van der Waals surface area contributed by atoms with Gasteiger partial charge in [0.15, 0.2) is 0 Å². The van der Waals surface area contributed by atoms with Gasteiger partial charge in [-0.15, -0.1) is 0 Å². The monoisotopic (exact) mass is 450 g/mol. The Morgan fingerprint density at radius 2 is 1.61 bits per heavy atom. The van der Waals surface area contributed by atoms with Gasteiger partial charge in [0.05, 0.1) is 6.42 Å². The first kappa shape index (κ1) is 24.0. The van der Waals surface area contributed by atoms with Crippen molar-refractivity contribution >= 4 is 18.0 Å². The number of benzene rings is 2. The van der Waals surface area contributed by atoms with E-state index in [4.69, 9.17) is 9.84 Å². The minimum absolute atomic E-state index is 0.0203. The van der Waals surface area contributed by atoms with Gasteiger partial charge in [-0.25, -0.2) is 4.79 Å². The number of hydrogen-bond acceptors (Lipinski definition) is 4. The highest BCUT2D eigenvalue weighted by molar-refractivity contribution is 5.88. The first-order valence-corrected chi connectivity index (χ1v) is 10.9. The molecule has 3 N–H and O–H groups in total. The molecular formula is C26H30N2O5. The summed E-state index contributed by atoms with van der Waals surface area (Å²) in [5.74, 6) is -1.41. The third-order valence-corrected chi connectivity index (χ3v) is 5.72. The maximum absolute atomic E-state index is 12.2. The number of carboxylic acid groups (broad SMARTS) is 1. The lowest BCUT2D eigenvalue weighted by atomic mass is 9.84. The van der Waals surface area contributed by atoms with Crippen LogP contribution in [0.1, 0.15) is 44.2 Å². The number of fused-ring (bicyclic) bond motifs is 3. The van der Waals surface area contributed by atoms with Crippen molar-refractivity contribution in [3.8, 4) is 11.1 Å². The van der Waals surface area contributed by atoms with E-state index in [2.05, 4.69) is 34.9 Å². The van der Waals surface area contributed by atoms with Crippen LogP contribution in [-0.4, -0.2) is 42.3 Å². The molecule has 0 saturated heterocycles. The van der Waals surface area contributed by atoms with Crippen LogP contribution in [0.4, 0.5) is 4.79 Å². The summed E-state index contributed by atoms with van der Waals surface area (Å²) in [5, 5.41) is 14.4. The number of nitrogens with one attached hydrogen (secondary N) is 2. The molecule has 0 bridgehead atoms. The molecule has 1 atom stereocenters. The number of ether oxygens (including phenoxy) is 1. The Kier molecular flexibility index (Phi) is 7.53. The molecule has 0 fully saturated rings. The van der Waals surface area contributed by atoms with Gasteiger partial charge in [0.2, 0.25) is 5.91 Å². The van der Waals surface area contributed by atoms with Crippen LogP contribution in [0.15, 0.2) is 60.7 Å². The van der Waals surface area contributed by atoms with E-state index < -0.39 is 29.4 Å². The number of carboxylic acids is 1. The van der Waals surface area contributed by atoms with Gasteiger partial charge in [0.25, 0.3) is 0 Å². The Morgan fingerprint density at radius 3 is 2.15 bits per heavy atom. The molecule has 0 aromatic heterocycles. The van der Waals surface area contributed by atoms with Gasteiger partial charge in [0.1, 0.15) is 6.61 Å². The zero-order valence-corrected chi connectivity index (χ0v) is 19.1. The highest BCUT2D eigenvalue weighted by atomic mass is 16.5. The number of amides is 2. The van der Waals surface area contributed by atoms with E-state index in [1.807, 2.05) is 45.0 Å². The molecule has 33 heavy (non-hydrogen) atoms. The summed E-state index contributed by atoms with van der Waals surface area (Å²) in [4.78, 5) is 35.3. The van der Waals surface area contributed by atoms with E-state index in [9.17, 15) is 14.4 Å². The number of carbonyl (C=O) groups is 3. The molecule has 7 nitrogen and oxygen atoms in total. The SMILES string of the molecule is CC(C)(C)C(CC(=O)O)NC(=O)/C=C/CNC(=O)OCC1c2ccccc2-c2ccccc21. The number of rotatable bonds is 8. The Bertz CT molecular complexity index is 1010. The van der Waals surface area contributed by atoms with Gasteiger partial charge in [-0.05, 0) is 27.7 Å². The molecule has 1 aliphatic rings. The molecule has 174 valence electrons. The molecule has 0 saturated carbocycles. The predicted molar refractivity (Wildman–Crippen MR) is 126 cm³/mol. The zero-order valence-electron chi connectivity index (χ0n) is 19.1. The van der Waals surface area contributed by atoms with Crippen molar-refractivity contribution in [3.05, 3.63) is 71.8 Å². The molecule has 0 aliphatic heterocycles. The van der Waals surface area contributed by atoms with Gasteiger partial charge in [0, 0.05) is 24.6 Å². The number of alkyl carbamates (subject to hydrolysis) is 1. The Labute approximate surface area is 193 Å². The highest BCUT2D eigenvalue weighted by Crippen LogP contribution is 2.44. The molecule has 1 aliphatic carbocycles. The molecule has 2 amide bonds. The molecular weight excluding hydrogens is 420 g/mol. The average Bonchev–Trinajstić information content (AvgIpc) is 3.08. The van der Waals surface area contributed by atoms with Gasteiger partial charge in [-0.2, -0.15) is 0 Å². The summed E-state index contributed by atoms with van der Waals surface area (Å²) < 4.78 is 5.45. The van der Waals surface area contributed by atoms with Crippen molar-refractivity contribution in [1.29, 1.82) is 0 Å². The minimum Gasteiger partial charge on any atom is -0.481 e. The lowest BCUT2D eigenvalue weighted by Crippen LogP contribution is -2.44. The van der Waals surface area contributed by atoms with Gasteiger partial charge in [-0.3, -0.25) is 9.59 Å². The van der Waals surface area contributed by atoms with Crippen LogP contribution in [0.3, 0.4) is 0 Å². The second kappa shape index (κ2) is 10.3. The fraction of sp³-hybridized carbons (Fsp3) is 0.346. The van der Waals surface area contributed by atoms with E-state index in [1.54, 1.807) is 0 Å². The Morgan fingerprint density at radius 1 is 1.03 bits per heavy atom. The van der Waals surface area contributed by atoms with Crippen molar-refractivity contribution < 1.29 is 24.2 Å². The van der Waals surface area contributed by atoms with Crippen molar-refractivity contribution in [2.45, 2.75) is 39.2 Å². The quantitative estimate of drug-likeness (QED) is 0.526. The predicted octanol–water partition coefficient (Wildman–Crippen LogP) is 4.09. The molecule has 2 aromatic rings. The number of aliphatic carboxylic acids is 1. The molecule has 7 heteroatoms. The average molecular weight is 451 g/mol. The van der Waals surface area contributed by atoms with Crippen LogP contribution in [0.5, 0.6) is 0 Å². The van der Waals surface area contributed by atoms with Crippen LogP contribution in [-0.2, 0) is 14.3 Å². The Balaban J connectivity index is 1.48. The Hall–Kier alpha value is -3.61. The summed E-state index contributed by atoms with van der Waals surface area (Å²) in [6.45, 7) is 5.92. The van der Waals surface area contributed by atoms with Crippen LogP contribution in [0, 0.1) is 5.41 Å². The largest absolute Gasteiger partial charge is 0.481 e. The second-order valence-electron chi connectivity index (χ2n) is 9.13. The first-order valence-electron chi connectivity index (χ1n) is 10.9. The lowest BCUT2D eigenvalue weighted by molar-refractivity contribution is -0.138. The second-order valence-corrected chi connectivity index (χ2v) is 9.13. The van der Waals surface area contributed by atoms with Crippen LogP contribution >= 0.6 is 0 Å². The van der Waals surface area contributed by atoms with Crippen molar-refractivity contribution in [1.82, 2.24) is 10.6 Å². The van der Waals surface area contributed by atoms with E-state index in [-0.39, 0.29) is 25.5 Å².